The monoisotopic (exact) mass is 281 g/mol. The van der Waals surface area contributed by atoms with Gasteiger partial charge in [-0.2, -0.15) is 0 Å². The number of amides is 2. The van der Waals surface area contributed by atoms with Crippen LogP contribution in [0, 0.1) is 5.92 Å². The molecule has 1 aromatic rings. The molecule has 0 bridgehead atoms. The number of piperazine rings is 1. The van der Waals surface area contributed by atoms with Crippen LogP contribution in [0.1, 0.15) is 32.2 Å². The maximum absolute atomic E-state index is 12.3. The topological polar surface area (TPSA) is 62.3 Å². The van der Waals surface area contributed by atoms with Gasteiger partial charge in [0.05, 0.1) is 6.54 Å². The molecule has 2 amide bonds. The number of carbonyl (C=O) groups is 2. The summed E-state index contributed by atoms with van der Waals surface area (Å²) in [5.74, 6) is 0.272. The van der Waals surface area contributed by atoms with Crippen LogP contribution in [0.15, 0.2) is 11.6 Å². The summed E-state index contributed by atoms with van der Waals surface area (Å²) < 4.78 is 0. The van der Waals surface area contributed by atoms with E-state index >= 15 is 0 Å². The third kappa shape index (κ3) is 3.12. The van der Waals surface area contributed by atoms with Gasteiger partial charge in [0.2, 0.25) is 11.8 Å². The summed E-state index contributed by atoms with van der Waals surface area (Å²) in [7, 11) is 0. The molecule has 1 N–H and O–H groups in total. The molecule has 0 spiro atoms. The average Bonchev–Trinajstić information content (AvgIpc) is 2.83. The van der Waals surface area contributed by atoms with Crippen LogP contribution in [0.4, 0.5) is 0 Å². The predicted octanol–water partition coefficient (Wildman–Crippen LogP) is 1.40. The second-order valence-electron chi connectivity index (χ2n) is 5.27. The number of aromatic nitrogens is 1. The minimum atomic E-state index is -0.448. The van der Waals surface area contributed by atoms with Crippen LogP contribution in [-0.2, 0) is 16.1 Å². The second-order valence-corrected chi connectivity index (χ2v) is 6.25. The van der Waals surface area contributed by atoms with Gasteiger partial charge in [-0.05, 0) is 19.3 Å². The molecule has 1 fully saturated rings. The molecule has 2 heterocycles. The fourth-order valence-corrected chi connectivity index (χ4v) is 2.88. The fraction of sp³-hybridized carbons (Fsp3) is 0.615. The molecule has 0 saturated carbocycles. The normalized spacial score (nSPS) is 23.9. The third-order valence-corrected chi connectivity index (χ3v) is 3.94. The van der Waals surface area contributed by atoms with Gasteiger partial charge in [-0.15, -0.1) is 11.3 Å². The molecule has 5 nitrogen and oxygen atoms in total. The molecule has 2 atom stereocenters. The molecule has 0 aliphatic carbocycles. The van der Waals surface area contributed by atoms with E-state index in [2.05, 4.69) is 24.1 Å². The zero-order valence-electron chi connectivity index (χ0n) is 11.4. The number of hydrogen-bond donors (Lipinski definition) is 1. The van der Waals surface area contributed by atoms with Crippen LogP contribution < -0.4 is 5.32 Å². The van der Waals surface area contributed by atoms with Crippen LogP contribution in [-0.4, -0.2) is 33.8 Å². The van der Waals surface area contributed by atoms with Gasteiger partial charge in [-0.1, -0.05) is 13.8 Å². The van der Waals surface area contributed by atoms with Crippen molar-refractivity contribution < 1.29 is 9.59 Å². The molecule has 2 rings (SSSR count). The average molecular weight is 281 g/mol. The highest BCUT2D eigenvalue weighted by Gasteiger charge is 2.38. The number of rotatable bonds is 4. The molecule has 2 unspecified atom stereocenters. The zero-order valence-corrected chi connectivity index (χ0v) is 12.2. The van der Waals surface area contributed by atoms with Crippen LogP contribution in [0.2, 0.25) is 0 Å². The number of hydrogen-bond acceptors (Lipinski definition) is 4. The third-order valence-electron chi connectivity index (χ3n) is 3.17. The maximum atomic E-state index is 12.3. The Bertz CT molecular complexity index is 458. The quantitative estimate of drug-likeness (QED) is 0.907. The Balaban J connectivity index is 2.20. The molecular formula is C13H19N3O2S. The van der Waals surface area contributed by atoms with E-state index in [-0.39, 0.29) is 17.9 Å². The first-order valence-corrected chi connectivity index (χ1v) is 7.36. The van der Waals surface area contributed by atoms with E-state index in [1.807, 2.05) is 5.38 Å². The summed E-state index contributed by atoms with van der Waals surface area (Å²) in [5.41, 5.74) is 0. The van der Waals surface area contributed by atoms with Crippen molar-refractivity contribution in [3.63, 3.8) is 0 Å². The van der Waals surface area contributed by atoms with E-state index in [9.17, 15) is 9.59 Å². The fourth-order valence-electron chi connectivity index (χ4n) is 2.26. The van der Waals surface area contributed by atoms with E-state index in [0.29, 0.717) is 18.9 Å². The van der Waals surface area contributed by atoms with Crippen LogP contribution in [0.5, 0.6) is 0 Å². The molecule has 0 aromatic carbocycles. The van der Waals surface area contributed by atoms with E-state index in [1.54, 1.807) is 18.0 Å². The van der Waals surface area contributed by atoms with E-state index < -0.39 is 6.04 Å². The zero-order chi connectivity index (χ0) is 14.0. The first kappa shape index (κ1) is 14.0. The van der Waals surface area contributed by atoms with E-state index in [1.165, 1.54) is 11.3 Å². The van der Waals surface area contributed by atoms with Crippen molar-refractivity contribution in [1.29, 1.82) is 0 Å². The molecule has 1 saturated heterocycles. The number of carbonyl (C=O) groups excluding carboxylic acids is 2. The minimum absolute atomic E-state index is 0.0274. The molecule has 104 valence electrons. The second kappa shape index (κ2) is 5.69. The summed E-state index contributed by atoms with van der Waals surface area (Å²) in [6.07, 6.45) is 2.39. The Morgan fingerprint density at radius 1 is 1.47 bits per heavy atom. The van der Waals surface area contributed by atoms with Gasteiger partial charge in [0, 0.05) is 11.6 Å². The summed E-state index contributed by atoms with van der Waals surface area (Å²) in [6, 6.07) is -0.830. The lowest BCUT2D eigenvalue weighted by Gasteiger charge is -2.38. The highest BCUT2D eigenvalue weighted by molar-refractivity contribution is 7.09. The van der Waals surface area contributed by atoms with Gasteiger partial charge in [0.15, 0.2) is 0 Å². The Morgan fingerprint density at radius 2 is 2.21 bits per heavy atom. The molecule has 6 heteroatoms. The van der Waals surface area contributed by atoms with Gasteiger partial charge in [0.25, 0.3) is 0 Å². The van der Waals surface area contributed by atoms with Crippen LogP contribution in [0.25, 0.3) is 0 Å². The first-order chi connectivity index (χ1) is 8.99. The Hall–Kier alpha value is -1.43. The lowest BCUT2D eigenvalue weighted by Crippen LogP contribution is -2.62. The Kier molecular flexibility index (Phi) is 4.19. The number of nitrogens with one attached hydrogen (secondary N) is 1. The summed E-state index contributed by atoms with van der Waals surface area (Å²) in [6.45, 7) is 6.25. The van der Waals surface area contributed by atoms with E-state index in [4.69, 9.17) is 0 Å². The predicted molar refractivity (Wildman–Crippen MR) is 73.5 cm³/mol. The number of thiazole rings is 1. The largest absolute Gasteiger partial charge is 0.343 e. The van der Waals surface area contributed by atoms with Crippen molar-refractivity contribution in [3.8, 4) is 0 Å². The summed E-state index contributed by atoms with van der Waals surface area (Å²) in [5, 5.41) is 5.49. The van der Waals surface area contributed by atoms with Gasteiger partial charge in [-0.25, -0.2) is 4.98 Å². The highest BCUT2D eigenvalue weighted by atomic mass is 32.1. The van der Waals surface area contributed by atoms with Gasteiger partial charge >= 0.3 is 0 Å². The Morgan fingerprint density at radius 3 is 2.79 bits per heavy atom. The van der Waals surface area contributed by atoms with Crippen molar-refractivity contribution in [2.24, 2.45) is 5.92 Å². The minimum Gasteiger partial charge on any atom is -0.343 e. The van der Waals surface area contributed by atoms with Crippen LogP contribution >= 0.6 is 11.3 Å². The number of nitrogens with zero attached hydrogens (tertiary/aromatic N) is 2. The van der Waals surface area contributed by atoms with Crippen molar-refractivity contribution in [1.82, 2.24) is 15.2 Å². The molecule has 19 heavy (non-hydrogen) atoms. The molecule has 0 radical (unpaired) electrons. The molecule has 1 aromatic heterocycles. The van der Waals surface area contributed by atoms with Crippen molar-refractivity contribution in [2.75, 3.05) is 0 Å². The molecule has 1 aliphatic heterocycles. The SMILES string of the molecule is CC(C)CC1C(=O)NC(C)C(=O)N1Cc1nccs1. The lowest BCUT2D eigenvalue weighted by molar-refractivity contribution is -0.150. The van der Waals surface area contributed by atoms with Gasteiger partial charge in [0.1, 0.15) is 17.1 Å². The standard InChI is InChI=1S/C13H19N3O2S/c1-8(2)6-10-12(17)15-9(3)13(18)16(10)7-11-14-4-5-19-11/h4-5,8-10H,6-7H2,1-3H3,(H,15,17). The van der Waals surface area contributed by atoms with Crippen LogP contribution in [0.3, 0.4) is 0 Å². The first-order valence-electron chi connectivity index (χ1n) is 6.48. The van der Waals surface area contributed by atoms with E-state index in [0.717, 1.165) is 5.01 Å². The summed E-state index contributed by atoms with van der Waals surface area (Å²) in [4.78, 5) is 30.3. The van der Waals surface area contributed by atoms with Crippen molar-refractivity contribution >= 4 is 23.2 Å². The van der Waals surface area contributed by atoms with Gasteiger partial charge in [-0.3, -0.25) is 9.59 Å². The van der Waals surface area contributed by atoms with Crippen molar-refractivity contribution in [2.45, 2.75) is 45.8 Å². The summed E-state index contributed by atoms with van der Waals surface area (Å²) >= 11 is 1.51. The van der Waals surface area contributed by atoms with Gasteiger partial charge < -0.3 is 10.2 Å². The maximum Gasteiger partial charge on any atom is 0.245 e. The molecular weight excluding hydrogens is 262 g/mol. The smallest absolute Gasteiger partial charge is 0.245 e. The molecule has 1 aliphatic rings. The Labute approximate surface area is 117 Å². The van der Waals surface area contributed by atoms with Crippen molar-refractivity contribution in [3.05, 3.63) is 16.6 Å². The lowest BCUT2D eigenvalue weighted by atomic mass is 9.98. The highest BCUT2D eigenvalue weighted by Crippen LogP contribution is 2.20.